The second-order valence-electron chi connectivity index (χ2n) is 9.98. The number of benzene rings is 3. The van der Waals surface area contributed by atoms with Gasteiger partial charge in [-0.3, -0.25) is 0 Å². The molecule has 0 atom stereocenters. The molecule has 6 rings (SSSR count). The van der Waals surface area contributed by atoms with Crippen LogP contribution in [0, 0.1) is 5.82 Å². The van der Waals surface area contributed by atoms with Gasteiger partial charge in [-0.25, -0.2) is 9.37 Å². The van der Waals surface area contributed by atoms with Gasteiger partial charge in [-0.1, -0.05) is 24.3 Å². The second kappa shape index (κ2) is 9.81. The van der Waals surface area contributed by atoms with Gasteiger partial charge in [-0.2, -0.15) is 13.2 Å². The number of aliphatic hydroxyl groups is 1. The minimum atomic E-state index is -4.62. The number of aromatic amines is 1. The van der Waals surface area contributed by atoms with E-state index in [4.69, 9.17) is 4.74 Å². The lowest BCUT2D eigenvalue weighted by Gasteiger charge is -2.36. The maximum Gasteiger partial charge on any atom is 0.418 e. The van der Waals surface area contributed by atoms with E-state index >= 15 is 0 Å². The smallest absolute Gasteiger partial charge is 0.384 e. The molecule has 0 spiro atoms. The van der Waals surface area contributed by atoms with Crippen LogP contribution in [-0.4, -0.2) is 55.2 Å². The molecule has 0 bridgehead atoms. The van der Waals surface area contributed by atoms with E-state index in [0.29, 0.717) is 33.6 Å². The van der Waals surface area contributed by atoms with Crippen LogP contribution in [0.1, 0.15) is 11.1 Å². The number of ether oxygens (including phenoxy) is 1. The van der Waals surface area contributed by atoms with Crippen LogP contribution in [0.4, 0.5) is 17.6 Å². The number of H-pyrrole nitrogens is 1. The molecule has 206 valence electrons. The van der Waals surface area contributed by atoms with Crippen LogP contribution < -0.4 is 5.32 Å². The third-order valence-corrected chi connectivity index (χ3v) is 6.86. The molecule has 0 amide bonds. The molecule has 8 nitrogen and oxygen atoms in total. The average molecular weight is 553 g/mol. The third kappa shape index (κ3) is 4.96. The minimum Gasteiger partial charge on any atom is -0.384 e. The van der Waals surface area contributed by atoms with Gasteiger partial charge in [0.25, 0.3) is 0 Å². The van der Waals surface area contributed by atoms with Gasteiger partial charge in [0.15, 0.2) is 5.82 Å². The van der Waals surface area contributed by atoms with Crippen LogP contribution >= 0.6 is 0 Å². The molecule has 0 saturated carbocycles. The first-order chi connectivity index (χ1) is 19.1. The lowest BCUT2D eigenvalue weighted by Crippen LogP contribution is -2.56. The molecular formula is C28H24F4N6O2. The van der Waals surface area contributed by atoms with Crippen molar-refractivity contribution in [2.24, 2.45) is 7.05 Å². The summed E-state index contributed by atoms with van der Waals surface area (Å²) in [5.41, 5.74) is 1.05. The van der Waals surface area contributed by atoms with Crippen molar-refractivity contribution in [3.8, 4) is 33.9 Å². The Hall–Kier alpha value is -4.13. The largest absolute Gasteiger partial charge is 0.418 e. The number of nitrogens with one attached hydrogen (secondary N) is 2. The zero-order chi connectivity index (χ0) is 28.1. The number of alkyl halides is 3. The Bertz CT molecular complexity index is 1710. The zero-order valence-corrected chi connectivity index (χ0v) is 21.3. The summed E-state index contributed by atoms with van der Waals surface area (Å²) in [5, 5.41) is 21.2. The molecule has 1 aliphatic rings. The average Bonchev–Trinajstić information content (AvgIpc) is 3.53. The van der Waals surface area contributed by atoms with Crippen molar-refractivity contribution in [2.75, 3.05) is 19.8 Å². The lowest BCUT2D eigenvalue weighted by molar-refractivity contribution is -0.174. The quantitative estimate of drug-likeness (QED) is 0.253. The Labute approximate surface area is 225 Å². The Balaban J connectivity index is 1.37. The van der Waals surface area contributed by atoms with E-state index in [1.807, 2.05) is 6.07 Å². The van der Waals surface area contributed by atoms with E-state index in [9.17, 15) is 22.7 Å². The summed E-state index contributed by atoms with van der Waals surface area (Å²) in [5.74, 6) is 0.294. The van der Waals surface area contributed by atoms with Gasteiger partial charge in [0.2, 0.25) is 0 Å². The highest BCUT2D eigenvalue weighted by molar-refractivity contribution is 5.86. The van der Waals surface area contributed by atoms with Crippen molar-refractivity contribution in [3.63, 3.8) is 0 Å². The summed E-state index contributed by atoms with van der Waals surface area (Å²) >= 11 is 0. The molecule has 12 heteroatoms. The summed E-state index contributed by atoms with van der Waals surface area (Å²) < 4.78 is 63.0. The summed E-state index contributed by atoms with van der Waals surface area (Å²) in [6.07, 6.45) is -3.11. The molecule has 1 saturated heterocycles. The summed E-state index contributed by atoms with van der Waals surface area (Å²) in [6, 6.07) is 14.1. The Morgan fingerprint density at radius 1 is 1.07 bits per heavy atom. The molecular weight excluding hydrogens is 528 g/mol. The number of fused-ring (bicyclic) bond motifs is 1. The molecule has 40 heavy (non-hydrogen) atoms. The molecule has 0 radical (unpaired) electrons. The second-order valence-corrected chi connectivity index (χ2v) is 9.98. The van der Waals surface area contributed by atoms with Gasteiger partial charge in [-0.15, -0.1) is 10.2 Å². The number of halogens is 4. The molecule has 0 aliphatic carbocycles. The number of hydrogen-bond acceptors (Lipinski definition) is 6. The van der Waals surface area contributed by atoms with Gasteiger partial charge in [0.1, 0.15) is 29.1 Å². The normalized spacial score (nSPS) is 14.9. The molecule has 1 fully saturated rings. The molecule has 3 aromatic carbocycles. The predicted molar refractivity (Wildman–Crippen MR) is 139 cm³/mol. The van der Waals surface area contributed by atoms with Crippen LogP contribution in [0.5, 0.6) is 0 Å². The summed E-state index contributed by atoms with van der Waals surface area (Å²) in [4.78, 5) is 7.37. The fourth-order valence-electron chi connectivity index (χ4n) is 4.83. The molecule has 3 N–H and O–H groups in total. The molecule has 3 heterocycles. The van der Waals surface area contributed by atoms with E-state index < -0.39 is 23.2 Å². The summed E-state index contributed by atoms with van der Waals surface area (Å²) in [6.45, 7) is 0.704. The van der Waals surface area contributed by atoms with Gasteiger partial charge in [0, 0.05) is 31.3 Å². The van der Waals surface area contributed by atoms with Crippen molar-refractivity contribution in [2.45, 2.75) is 18.3 Å². The van der Waals surface area contributed by atoms with Gasteiger partial charge < -0.3 is 24.7 Å². The van der Waals surface area contributed by atoms with Crippen LogP contribution in [0.2, 0.25) is 0 Å². The molecule has 2 aromatic heterocycles. The van der Waals surface area contributed by atoms with E-state index in [-0.39, 0.29) is 43.2 Å². The highest BCUT2D eigenvalue weighted by Crippen LogP contribution is 2.37. The van der Waals surface area contributed by atoms with Crippen molar-refractivity contribution >= 4 is 11.0 Å². The number of aryl methyl sites for hydroxylation is 1. The van der Waals surface area contributed by atoms with Crippen LogP contribution in [0.3, 0.4) is 0 Å². The number of imidazole rings is 1. The fraction of sp³-hybridized carbons (Fsp3) is 0.250. The van der Waals surface area contributed by atoms with Crippen LogP contribution in [-0.2, 0) is 24.5 Å². The van der Waals surface area contributed by atoms with Crippen molar-refractivity contribution in [3.05, 3.63) is 77.9 Å². The van der Waals surface area contributed by atoms with Crippen molar-refractivity contribution in [1.82, 2.24) is 30.0 Å². The molecule has 5 aromatic rings. The molecule has 1 aliphatic heterocycles. The van der Waals surface area contributed by atoms with E-state index in [0.717, 1.165) is 6.07 Å². The SMILES string of the molecule is Cn1cnnc1-c1cc(F)ccc1-c1cccc(-c2nc3c(C(F)(F)F)cc(CNCC4(O)COC4)cc3[nH]2)c1. The van der Waals surface area contributed by atoms with Crippen molar-refractivity contribution in [1.29, 1.82) is 0 Å². The summed E-state index contributed by atoms with van der Waals surface area (Å²) in [7, 11) is 1.75. The fourth-order valence-corrected chi connectivity index (χ4v) is 4.83. The zero-order valence-electron chi connectivity index (χ0n) is 21.3. The van der Waals surface area contributed by atoms with E-state index in [1.54, 1.807) is 41.9 Å². The standard InChI is InChI=1S/C28H24F4N6O2/c1-38-15-34-37-26(38)21-10-19(29)5-6-20(21)17-3-2-4-18(9-17)25-35-23-8-16(11-33-12-27(39)13-40-14-27)7-22(24(23)36-25)28(30,31)32/h2-10,15,33,39H,11-14H2,1H3,(H,35,36). The maximum atomic E-state index is 14.2. The first-order valence-corrected chi connectivity index (χ1v) is 12.5. The number of aromatic nitrogens is 5. The minimum absolute atomic E-state index is 0.126. The Kier molecular flexibility index (Phi) is 6.40. The van der Waals surface area contributed by atoms with Gasteiger partial charge in [0.05, 0.1) is 24.3 Å². The Morgan fingerprint density at radius 3 is 2.58 bits per heavy atom. The third-order valence-electron chi connectivity index (χ3n) is 6.86. The topological polar surface area (TPSA) is 101 Å². The van der Waals surface area contributed by atoms with Gasteiger partial charge >= 0.3 is 6.18 Å². The maximum absolute atomic E-state index is 14.2. The Morgan fingerprint density at radius 2 is 1.88 bits per heavy atom. The predicted octanol–water partition coefficient (Wildman–Crippen LogP) is 4.70. The highest BCUT2D eigenvalue weighted by atomic mass is 19.4. The van der Waals surface area contributed by atoms with Crippen LogP contribution in [0.15, 0.2) is 60.9 Å². The van der Waals surface area contributed by atoms with Crippen LogP contribution in [0.25, 0.3) is 44.9 Å². The van der Waals surface area contributed by atoms with E-state index in [2.05, 4.69) is 25.5 Å². The first-order valence-electron chi connectivity index (χ1n) is 12.5. The van der Waals surface area contributed by atoms with E-state index in [1.165, 1.54) is 18.5 Å². The van der Waals surface area contributed by atoms with Crippen molar-refractivity contribution < 1.29 is 27.4 Å². The molecule has 0 unspecified atom stereocenters. The van der Waals surface area contributed by atoms with Gasteiger partial charge in [-0.05, 0) is 47.0 Å². The monoisotopic (exact) mass is 552 g/mol. The highest BCUT2D eigenvalue weighted by Gasteiger charge is 2.36. The number of rotatable bonds is 7. The lowest BCUT2D eigenvalue weighted by atomic mass is 9.97. The first kappa shape index (κ1) is 26.1. The number of hydrogen-bond donors (Lipinski definition) is 3. The number of nitrogens with zero attached hydrogens (tertiary/aromatic N) is 4.